The summed E-state index contributed by atoms with van der Waals surface area (Å²) < 4.78 is 6.41. The molecule has 1 aromatic heterocycles. The molecule has 8 nitrogen and oxygen atoms in total. The quantitative estimate of drug-likeness (QED) is 0.498. The van der Waals surface area contributed by atoms with Crippen LogP contribution in [0, 0.1) is 0 Å². The minimum Gasteiger partial charge on any atom is -0.394 e. The Labute approximate surface area is 90.3 Å². The van der Waals surface area contributed by atoms with Crippen molar-refractivity contribution in [3.63, 3.8) is 0 Å². The van der Waals surface area contributed by atoms with Crippen molar-refractivity contribution < 1.29 is 14.9 Å². The summed E-state index contributed by atoms with van der Waals surface area (Å²) >= 11 is 0. The summed E-state index contributed by atoms with van der Waals surface area (Å²) in [6.45, 7) is -0.303. The van der Waals surface area contributed by atoms with E-state index in [-0.39, 0.29) is 19.0 Å². The first-order valence-electron chi connectivity index (χ1n) is 4.77. The van der Waals surface area contributed by atoms with Crippen molar-refractivity contribution in [2.24, 2.45) is 0 Å². The summed E-state index contributed by atoms with van der Waals surface area (Å²) in [6, 6.07) is 0. The van der Waals surface area contributed by atoms with Gasteiger partial charge < -0.3 is 20.7 Å². The molecule has 0 bridgehead atoms. The molecule has 2 rings (SSSR count). The van der Waals surface area contributed by atoms with Crippen molar-refractivity contribution in [2.45, 2.75) is 24.9 Å². The predicted octanol–water partition coefficient (Wildman–Crippen LogP) is -2.14. The van der Waals surface area contributed by atoms with Gasteiger partial charge in [-0.25, -0.2) is 9.78 Å². The number of ether oxygens (including phenoxy) is 1. The lowest BCUT2D eigenvalue weighted by atomic mass is 10.2. The highest BCUT2D eigenvalue weighted by Gasteiger charge is 2.35. The highest BCUT2D eigenvalue weighted by Crippen LogP contribution is 2.26. The average Bonchev–Trinajstić information content (AvgIpc) is 2.59. The first kappa shape index (κ1) is 11.0. The normalized spacial score (nSPS) is 29.5. The highest BCUT2D eigenvalue weighted by atomic mass is 16.6. The van der Waals surface area contributed by atoms with Crippen molar-refractivity contribution in [2.75, 3.05) is 12.3 Å². The molecule has 1 aliphatic rings. The van der Waals surface area contributed by atoms with E-state index in [1.807, 2.05) is 0 Å². The molecular weight excluding hydrogens is 221 g/mol. The van der Waals surface area contributed by atoms with E-state index >= 15 is 0 Å². The molecule has 4 N–H and O–H groups in total. The van der Waals surface area contributed by atoms with Crippen LogP contribution in [0.5, 0.6) is 0 Å². The fourth-order valence-corrected chi connectivity index (χ4v) is 1.60. The Morgan fingerprint density at radius 2 is 2.44 bits per heavy atom. The van der Waals surface area contributed by atoms with Crippen molar-refractivity contribution in [3.8, 4) is 0 Å². The van der Waals surface area contributed by atoms with Crippen LogP contribution < -0.4 is 11.4 Å². The second-order valence-electron chi connectivity index (χ2n) is 3.52. The van der Waals surface area contributed by atoms with Gasteiger partial charge in [0.1, 0.15) is 18.7 Å². The van der Waals surface area contributed by atoms with Gasteiger partial charge in [-0.3, -0.25) is 4.57 Å². The van der Waals surface area contributed by atoms with Gasteiger partial charge in [-0.2, -0.15) is 4.98 Å². The number of aliphatic hydroxyl groups excluding tert-OH is 2. The Balaban J connectivity index is 2.23. The summed E-state index contributed by atoms with van der Waals surface area (Å²) in [4.78, 5) is 18.5. The zero-order valence-electron chi connectivity index (χ0n) is 8.35. The van der Waals surface area contributed by atoms with Gasteiger partial charge in [0, 0.05) is 6.42 Å². The maximum atomic E-state index is 11.4. The number of nitrogens with two attached hydrogens (primary N) is 1. The summed E-state index contributed by atoms with van der Waals surface area (Å²) in [5, 5.41) is 18.4. The van der Waals surface area contributed by atoms with E-state index in [9.17, 15) is 9.90 Å². The van der Waals surface area contributed by atoms with Crippen LogP contribution in [-0.4, -0.2) is 43.6 Å². The van der Waals surface area contributed by atoms with Crippen LogP contribution >= 0.6 is 0 Å². The number of aliphatic hydroxyl groups is 2. The lowest BCUT2D eigenvalue weighted by Crippen LogP contribution is -2.28. The maximum absolute atomic E-state index is 11.4. The van der Waals surface area contributed by atoms with E-state index in [0.717, 1.165) is 4.57 Å². The molecule has 2 heterocycles. The maximum Gasteiger partial charge on any atom is 0.354 e. The fourth-order valence-electron chi connectivity index (χ4n) is 1.60. The van der Waals surface area contributed by atoms with E-state index in [1.165, 1.54) is 6.33 Å². The second kappa shape index (κ2) is 4.16. The van der Waals surface area contributed by atoms with Gasteiger partial charge in [0.2, 0.25) is 5.95 Å². The van der Waals surface area contributed by atoms with Gasteiger partial charge in [-0.15, -0.1) is 0 Å². The Bertz CT molecular complexity index is 434. The summed E-state index contributed by atoms with van der Waals surface area (Å²) in [5.41, 5.74) is 4.65. The number of hydrogen-bond donors (Lipinski definition) is 3. The third-order valence-electron chi connectivity index (χ3n) is 2.44. The van der Waals surface area contributed by atoms with Crippen LogP contribution in [0.4, 0.5) is 5.95 Å². The number of nitrogen functional groups attached to an aromatic ring is 1. The van der Waals surface area contributed by atoms with Crippen LogP contribution in [0.1, 0.15) is 12.6 Å². The molecule has 8 heteroatoms. The number of rotatable bonds is 2. The van der Waals surface area contributed by atoms with Gasteiger partial charge in [-0.1, -0.05) is 0 Å². The van der Waals surface area contributed by atoms with Crippen LogP contribution in [0.2, 0.25) is 0 Å². The summed E-state index contributed by atoms with van der Waals surface area (Å²) in [7, 11) is 0. The molecule has 0 aromatic carbocycles. The minimum atomic E-state index is -0.806. The minimum absolute atomic E-state index is 0.112. The zero-order chi connectivity index (χ0) is 11.7. The molecule has 0 amide bonds. The zero-order valence-corrected chi connectivity index (χ0v) is 8.35. The smallest absolute Gasteiger partial charge is 0.354 e. The summed E-state index contributed by atoms with van der Waals surface area (Å²) in [6.07, 6.45) is -0.741. The molecule has 0 saturated carbocycles. The molecule has 16 heavy (non-hydrogen) atoms. The molecular formula is C8H12N4O4. The molecule has 0 unspecified atom stereocenters. The standard InChI is InChI=1S/C8H12N4O4/c9-7-10-3-12(8(15)11-7)6-1-4(14)5(2-13)16-6/h3-6,13-14H,1-2H2,(H2,9,11,15)/t4-,5+,6+/m0/s1/i7+1,9+1,10+1,11+1,12+1. The van der Waals surface area contributed by atoms with Crippen LogP contribution in [0.25, 0.3) is 0 Å². The molecule has 0 spiro atoms. The molecule has 3 atom stereocenters. The van der Waals surface area contributed by atoms with Crippen molar-refractivity contribution in [1.82, 2.24) is 14.5 Å². The van der Waals surface area contributed by atoms with Crippen LogP contribution in [0.15, 0.2) is 11.1 Å². The lowest BCUT2D eigenvalue weighted by Gasteiger charge is -2.13. The third kappa shape index (κ3) is 1.90. The number of aromatic nitrogens is 3. The molecule has 1 saturated heterocycles. The topological polar surface area (TPSA) is 123 Å². The monoisotopic (exact) mass is 233 g/mol. The van der Waals surface area contributed by atoms with E-state index in [4.69, 9.17) is 15.6 Å². The highest BCUT2D eigenvalue weighted by molar-refractivity contribution is 5.09. The van der Waals surface area contributed by atoms with Crippen molar-refractivity contribution in [3.05, 3.63) is 16.8 Å². The first-order chi connectivity index (χ1) is 7.61. The average molecular weight is 233 g/mol. The Kier molecular flexibility index (Phi) is 2.86. The van der Waals surface area contributed by atoms with Gasteiger partial charge in [0.05, 0.1) is 12.7 Å². The molecule has 1 fully saturated rings. The van der Waals surface area contributed by atoms with Gasteiger partial charge in [0.25, 0.3) is 0 Å². The van der Waals surface area contributed by atoms with Gasteiger partial charge in [-0.05, 0) is 0 Å². The number of anilines is 1. The van der Waals surface area contributed by atoms with E-state index in [2.05, 4.69) is 9.97 Å². The summed E-state index contributed by atoms with van der Waals surface area (Å²) in [5.74, 6) is -0.112. The SMILES string of the molecule is [15NH2][13c]1[15n]c[15n]([C@H]2C[C@H](O)[C@@H](CO)O2)c(=O)[15n]1. The molecule has 88 valence electrons. The molecule has 0 radical (unpaired) electrons. The number of nitrogens with zero attached hydrogens (tertiary/aromatic N) is 3. The lowest BCUT2D eigenvalue weighted by molar-refractivity contribution is -0.0462. The van der Waals surface area contributed by atoms with E-state index in [1.54, 1.807) is 0 Å². The van der Waals surface area contributed by atoms with Gasteiger partial charge >= 0.3 is 5.69 Å². The van der Waals surface area contributed by atoms with E-state index in [0.29, 0.717) is 0 Å². The first-order valence-corrected chi connectivity index (χ1v) is 4.77. The Hall–Kier alpha value is -1.51. The molecule has 0 aliphatic carbocycles. The molecule has 1 aromatic rings. The Morgan fingerprint density at radius 1 is 1.69 bits per heavy atom. The van der Waals surface area contributed by atoms with E-state index < -0.39 is 24.1 Å². The van der Waals surface area contributed by atoms with Gasteiger partial charge in [0.15, 0.2) is 0 Å². The largest absolute Gasteiger partial charge is 0.394 e. The fraction of sp³-hybridized carbons (Fsp3) is 0.625. The third-order valence-corrected chi connectivity index (χ3v) is 2.44. The predicted molar refractivity (Wildman–Crippen MR) is 52.3 cm³/mol. The molecule has 1 aliphatic heterocycles. The van der Waals surface area contributed by atoms with Crippen LogP contribution in [-0.2, 0) is 4.74 Å². The van der Waals surface area contributed by atoms with Crippen molar-refractivity contribution in [1.29, 1.82) is 0 Å². The number of hydrogen-bond acceptors (Lipinski definition) is 7. The van der Waals surface area contributed by atoms with Crippen molar-refractivity contribution >= 4 is 5.95 Å². The second-order valence-corrected chi connectivity index (χ2v) is 3.52. The van der Waals surface area contributed by atoms with Crippen LogP contribution in [0.3, 0.4) is 0 Å². The Morgan fingerprint density at radius 3 is 3.00 bits per heavy atom.